The standard InChI is InChI=1S/C5H6N2O2S/c1-4(8)9-7-3-2-6-5(7)10/h2-3H,1H3,(H,6,10). The Hall–Kier alpha value is -1.10. The summed E-state index contributed by atoms with van der Waals surface area (Å²) in [6, 6.07) is 0. The lowest BCUT2D eigenvalue weighted by molar-refractivity contribution is -0.141. The number of aromatic amines is 1. The van der Waals surface area contributed by atoms with Crippen molar-refractivity contribution in [2.75, 3.05) is 0 Å². The van der Waals surface area contributed by atoms with Gasteiger partial charge in [-0.25, -0.2) is 4.79 Å². The van der Waals surface area contributed by atoms with Crippen LogP contribution in [0.25, 0.3) is 0 Å². The monoisotopic (exact) mass is 158 g/mol. The Morgan fingerprint density at radius 1 is 1.90 bits per heavy atom. The Morgan fingerprint density at radius 2 is 2.60 bits per heavy atom. The molecule has 0 saturated heterocycles. The molecule has 5 heteroatoms. The fourth-order valence-corrected chi connectivity index (χ4v) is 0.684. The summed E-state index contributed by atoms with van der Waals surface area (Å²) in [7, 11) is 0. The number of carbonyl (C=O) groups is 1. The molecule has 4 nitrogen and oxygen atoms in total. The third-order valence-corrected chi connectivity index (χ3v) is 1.14. The zero-order valence-electron chi connectivity index (χ0n) is 5.33. The maximum Gasteiger partial charge on any atom is 0.329 e. The normalized spacial score (nSPS) is 9.30. The van der Waals surface area contributed by atoms with Gasteiger partial charge in [0.15, 0.2) is 0 Å². The molecule has 10 heavy (non-hydrogen) atoms. The van der Waals surface area contributed by atoms with Crippen LogP contribution in [0, 0.1) is 4.77 Å². The lowest BCUT2D eigenvalue weighted by atomic mass is 10.8. The molecule has 0 fully saturated rings. The van der Waals surface area contributed by atoms with Gasteiger partial charge >= 0.3 is 5.97 Å². The Kier molecular flexibility index (Phi) is 1.86. The van der Waals surface area contributed by atoms with E-state index in [-0.39, 0.29) is 0 Å². The molecule has 1 rings (SSSR count). The van der Waals surface area contributed by atoms with E-state index >= 15 is 0 Å². The fraction of sp³-hybridized carbons (Fsp3) is 0.200. The number of nitrogens with zero attached hydrogens (tertiary/aromatic N) is 1. The second-order valence-corrected chi connectivity index (χ2v) is 2.06. The van der Waals surface area contributed by atoms with E-state index in [1.165, 1.54) is 17.9 Å². The molecular weight excluding hydrogens is 152 g/mol. The van der Waals surface area contributed by atoms with Crippen molar-refractivity contribution in [1.82, 2.24) is 9.71 Å². The first-order valence-corrected chi connectivity index (χ1v) is 3.06. The summed E-state index contributed by atoms with van der Waals surface area (Å²) in [6.45, 7) is 1.31. The van der Waals surface area contributed by atoms with E-state index < -0.39 is 5.97 Å². The summed E-state index contributed by atoms with van der Waals surface area (Å²) >= 11 is 4.73. The van der Waals surface area contributed by atoms with Crippen molar-refractivity contribution < 1.29 is 9.63 Å². The van der Waals surface area contributed by atoms with Crippen LogP contribution in [0.5, 0.6) is 0 Å². The highest BCUT2D eigenvalue weighted by atomic mass is 32.1. The van der Waals surface area contributed by atoms with Crippen LogP contribution in [-0.4, -0.2) is 15.7 Å². The summed E-state index contributed by atoms with van der Waals surface area (Å²) in [5, 5.41) is 0. The van der Waals surface area contributed by atoms with Crippen LogP contribution < -0.4 is 4.84 Å². The zero-order chi connectivity index (χ0) is 7.56. The van der Waals surface area contributed by atoms with Crippen LogP contribution >= 0.6 is 12.2 Å². The van der Waals surface area contributed by atoms with Gasteiger partial charge in [0.2, 0.25) is 4.77 Å². The quantitative estimate of drug-likeness (QED) is 0.606. The third kappa shape index (κ3) is 1.44. The van der Waals surface area contributed by atoms with E-state index in [9.17, 15) is 4.79 Å². The molecule has 0 radical (unpaired) electrons. The second-order valence-electron chi connectivity index (χ2n) is 1.67. The molecule has 0 aromatic carbocycles. The van der Waals surface area contributed by atoms with Gasteiger partial charge in [-0.3, -0.25) is 0 Å². The van der Waals surface area contributed by atoms with Crippen LogP contribution in [0.15, 0.2) is 12.4 Å². The molecule has 0 atom stereocenters. The highest BCUT2D eigenvalue weighted by molar-refractivity contribution is 7.71. The van der Waals surface area contributed by atoms with Gasteiger partial charge in [0.25, 0.3) is 0 Å². The lowest BCUT2D eigenvalue weighted by Gasteiger charge is -1.97. The minimum atomic E-state index is -0.393. The number of hydrogen-bond acceptors (Lipinski definition) is 3. The van der Waals surface area contributed by atoms with Crippen molar-refractivity contribution in [1.29, 1.82) is 0 Å². The molecule has 0 aliphatic heterocycles. The van der Waals surface area contributed by atoms with Gasteiger partial charge in [0.1, 0.15) is 0 Å². The van der Waals surface area contributed by atoms with Gasteiger partial charge < -0.3 is 9.82 Å². The van der Waals surface area contributed by atoms with E-state index in [2.05, 4.69) is 9.82 Å². The number of hydrogen-bond donors (Lipinski definition) is 1. The molecule has 0 aliphatic rings. The van der Waals surface area contributed by atoms with Crippen LogP contribution in [0.3, 0.4) is 0 Å². The maximum atomic E-state index is 10.4. The highest BCUT2D eigenvalue weighted by Crippen LogP contribution is 1.85. The number of aromatic nitrogens is 2. The van der Waals surface area contributed by atoms with Crippen molar-refractivity contribution in [2.45, 2.75) is 6.92 Å². The number of nitrogens with one attached hydrogen (secondary N) is 1. The summed E-state index contributed by atoms with van der Waals surface area (Å²) in [5.74, 6) is -0.393. The summed E-state index contributed by atoms with van der Waals surface area (Å²) < 4.78 is 1.56. The van der Waals surface area contributed by atoms with Crippen molar-refractivity contribution in [3.63, 3.8) is 0 Å². The number of carbonyl (C=O) groups excluding carboxylic acids is 1. The molecule has 0 bridgehead atoms. The molecule has 1 N–H and O–H groups in total. The lowest BCUT2D eigenvalue weighted by Crippen LogP contribution is -2.15. The minimum absolute atomic E-state index is 0.371. The minimum Gasteiger partial charge on any atom is -0.335 e. The van der Waals surface area contributed by atoms with Gasteiger partial charge in [-0.15, -0.1) is 0 Å². The van der Waals surface area contributed by atoms with E-state index in [4.69, 9.17) is 12.2 Å². The SMILES string of the molecule is CC(=O)On1cc[nH]c1=S. The van der Waals surface area contributed by atoms with Crippen molar-refractivity contribution in [2.24, 2.45) is 0 Å². The Balaban J connectivity index is 2.85. The van der Waals surface area contributed by atoms with Gasteiger partial charge in [-0.2, -0.15) is 4.73 Å². The molecule has 1 aromatic rings. The average molecular weight is 158 g/mol. The predicted molar refractivity (Wildman–Crippen MR) is 36.9 cm³/mol. The smallest absolute Gasteiger partial charge is 0.329 e. The van der Waals surface area contributed by atoms with E-state index in [0.29, 0.717) is 4.77 Å². The number of rotatable bonds is 1. The molecule has 54 valence electrons. The van der Waals surface area contributed by atoms with Crippen LogP contribution in [0.2, 0.25) is 0 Å². The summed E-state index contributed by atoms with van der Waals surface area (Å²) in [5.41, 5.74) is 0. The van der Waals surface area contributed by atoms with Gasteiger partial charge in [-0.05, 0) is 12.2 Å². The molecule has 1 aromatic heterocycles. The fourth-order valence-electron chi connectivity index (χ4n) is 0.518. The number of H-pyrrole nitrogens is 1. The van der Waals surface area contributed by atoms with Crippen molar-refractivity contribution in [3.05, 3.63) is 17.2 Å². The highest BCUT2D eigenvalue weighted by Gasteiger charge is 1.94. The van der Waals surface area contributed by atoms with Gasteiger partial charge in [0, 0.05) is 13.1 Å². The Labute approximate surface area is 62.4 Å². The van der Waals surface area contributed by atoms with Gasteiger partial charge in [0.05, 0.1) is 6.20 Å². The molecule has 0 spiro atoms. The zero-order valence-corrected chi connectivity index (χ0v) is 6.14. The molecular formula is C5H6N2O2S. The topological polar surface area (TPSA) is 47.0 Å². The first-order chi connectivity index (χ1) is 4.70. The first kappa shape index (κ1) is 7.01. The molecule has 0 saturated carbocycles. The first-order valence-electron chi connectivity index (χ1n) is 2.65. The number of imidazole rings is 1. The van der Waals surface area contributed by atoms with Crippen molar-refractivity contribution >= 4 is 18.2 Å². The average Bonchev–Trinajstić information content (AvgIpc) is 2.15. The maximum absolute atomic E-state index is 10.4. The van der Waals surface area contributed by atoms with Crippen molar-refractivity contribution in [3.8, 4) is 0 Å². The van der Waals surface area contributed by atoms with Gasteiger partial charge in [-0.1, -0.05) is 0 Å². The molecule has 0 unspecified atom stereocenters. The Morgan fingerprint density at radius 3 is 3.00 bits per heavy atom. The van der Waals surface area contributed by atoms with E-state index in [0.717, 1.165) is 0 Å². The largest absolute Gasteiger partial charge is 0.335 e. The predicted octanol–water partition coefficient (Wildman–Crippen LogP) is 0.521. The molecule has 0 aliphatic carbocycles. The van der Waals surface area contributed by atoms with E-state index in [1.54, 1.807) is 6.20 Å². The molecule has 0 amide bonds. The summed E-state index contributed by atoms with van der Waals surface area (Å²) in [4.78, 5) is 17.7. The summed E-state index contributed by atoms with van der Waals surface area (Å²) in [6.07, 6.45) is 3.12. The van der Waals surface area contributed by atoms with Crippen LogP contribution in [0.1, 0.15) is 6.92 Å². The van der Waals surface area contributed by atoms with Crippen LogP contribution in [0.4, 0.5) is 0 Å². The molecule has 1 heterocycles. The van der Waals surface area contributed by atoms with E-state index in [1.807, 2.05) is 0 Å². The third-order valence-electron chi connectivity index (χ3n) is 0.844. The second kappa shape index (κ2) is 2.66. The van der Waals surface area contributed by atoms with Crippen LogP contribution in [-0.2, 0) is 4.79 Å². The Bertz CT molecular complexity index is 288.